The van der Waals surface area contributed by atoms with E-state index < -0.39 is 8.32 Å². The molecule has 0 bridgehead atoms. The molecule has 0 heterocycles. The summed E-state index contributed by atoms with van der Waals surface area (Å²) in [6.45, 7) is 18.0. The lowest BCUT2D eigenvalue weighted by Crippen LogP contribution is -2.48. The van der Waals surface area contributed by atoms with E-state index in [-0.39, 0.29) is 0 Å². The van der Waals surface area contributed by atoms with Crippen molar-refractivity contribution in [2.45, 2.75) is 71.1 Å². The molecule has 1 aromatic carbocycles. The summed E-state index contributed by atoms with van der Waals surface area (Å²) in [5, 5.41) is 3.59. The summed E-state index contributed by atoms with van der Waals surface area (Å²) in [6, 6.07) is 11.0. The van der Waals surface area contributed by atoms with E-state index in [0.717, 1.165) is 13.2 Å². The van der Waals surface area contributed by atoms with Crippen LogP contribution < -0.4 is 5.32 Å². The van der Waals surface area contributed by atoms with Gasteiger partial charge in [-0.15, -0.1) is 0 Å². The zero-order valence-electron chi connectivity index (χ0n) is 15.5. The Bertz CT molecular complexity index is 395. The largest absolute Gasteiger partial charge is 0.415 e. The van der Waals surface area contributed by atoms with Crippen molar-refractivity contribution in [1.29, 1.82) is 0 Å². The molecule has 22 heavy (non-hydrogen) atoms. The zero-order valence-corrected chi connectivity index (χ0v) is 16.5. The fraction of sp³-hybridized carbons (Fsp3) is 0.684. The van der Waals surface area contributed by atoms with Crippen molar-refractivity contribution >= 4 is 8.32 Å². The number of hydrogen-bond acceptors (Lipinski definition) is 2. The molecule has 2 nitrogen and oxygen atoms in total. The molecule has 1 rings (SSSR count). The van der Waals surface area contributed by atoms with Crippen LogP contribution in [0, 0.1) is 0 Å². The number of nitrogens with one attached hydrogen (secondary N) is 1. The van der Waals surface area contributed by atoms with Gasteiger partial charge in [0.15, 0.2) is 8.32 Å². The fourth-order valence-electron chi connectivity index (χ4n) is 3.86. The van der Waals surface area contributed by atoms with Crippen LogP contribution >= 0.6 is 0 Å². The first-order chi connectivity index (χ1) is 10.3. The van der Waals surface area contributed by atoms with E-state index in [0.29, 0.717) is 22.7 Å². The average molecular weight is 322 g/mol. The van der Waals surface area contributed by atoms with Crippen LogP contribution in [0.4, 0.5) is 0 Å². The van der Waals surface area contributed by atoms with Gasteiger partial charge in [-0.2, -0.15) is 0 Å². The molecule has 1 atom stereocenters. The van der Waals surface area contributed by atoms with Crippen LogP contribution in [0.1, 0.15) is 60.1 Å². The summed E-state index contributed by atoms with van der Waals surface area (Å²) in [4.78, 5) is 0. The first-order valence-electron chi connectivity index (χ1n) is 8.74. The SMILES string of the molecule is CC(NCCO[Si](C(C)C)(C(C)C)C(C)C)c1ccccc1. The lowest BCUT2D eigenvalue weighted by molar-refractivity contribution is 0.271. The molecule has 0 spiro atoms. The highest BCUT2D eigenvalue weighted by Crippen LogP contribution is 2.42. The average Bonchev–Trinajstić information content (AvgIpc) is 2.46. The molecule has 126 valence electrons. The van der Waals surface area contributed by atoms with Crippen molar-refractivity contribution in [3.63, 3.8) is 0 Å². The molecule has 1 unspecified atom stereocenters. The van der Waals surface area contributed by atoms with Crippen molar-refractivity contribution in [2.75, 3.05) is 13.2 Å². The van der Waals surface area contributed by atoms with E-state index in [1.54, 1.807) is 0 Å². The molecule has 0 aliphatic carbocycles. The van der Waals surface area contributed by atoms with Gasteiger partial charge in [-0.1, -0.05) is 71.9 Å². The van der Waals surface area contributed by atoms with Gasteiger partial charge in [-0.05, 0) is 29.1 Å². The van der Waals surface area contributed by atoms with Crippen molar-refractivity contribution < 1.29 is 4.43 Å². The molecule has 0 aromatic heterocycles. The van der Waals surface area contributed by atoms with Gasteiger partial charge in [0.1, 0.15) is 0 Å². The van der Waals surface area contributed by atoms with E-state index in [1.807, 2.05) is 0 Å². The van der Waals surface area contributed by atoms with Crippen LogP contribution in [0.2, 0.25) is 16.6 Å². The quantitative estimate of drug-likeness (QED) is 0.477. The first kappa shape index (κ1) is 19.4. The lowest BCUT2D eigenvalue weighted by Gasteiger charge is -2.42. The highest BCUT2D eigenvalue weighted by atomic mass is 28.4. The van der Waals surface area contributed by atoms with Gasteiger partial charge < -0.3 is 9.74 Å². The van der Waals surface area contributed by atoms with Gasteiger partial charge in [-0.25, -0.2) is 0 Å². The maximum atomic E-state index is 6.58. The molecule has 0 amide bonds. The Labute approximate surface area is 138 Å². The third-order valence-corrected chi connectivity index (χ3v) is 11.0. The van der Waals surface area contributed by atoms with Crippen LogP contribution in [-0.2, 0) is 4.43 Å². The van der Waals surface area contributed by atoms with Crippen LogP contribution in [0.15, 0.2) is 30.3 Å². The third-order valence-electron chi connectivity index (χ3n) is 4.91. The molecule has 1 aromatic rings. The van der Waals surface area contributed by atoms with Crippen LogP contribution in [0.5, 0.6) is 0 Å². The highest BCUT2D eigenvalue weighted by Gasteiger charge is 2.44. The van der Waals surface area contributed by atoms with Crippen LogP contribution in [-0.4, -0.2) is 21.5 Å². The Morgan fingerprint density at radius 3 is 1.82 bits per heavy atom. The molecule has 0 saturated heterocycles. The van der Waals surface area contributed by atoms with E-state index in [4.69, 9.17) is 4.43 Å². The minimum Gasteiger partial charge on any atom is -0.415 e. The van der Waals surface area contributed by atoms with Gasteiger partial charge >= 0.3 is 0 Å². The standard InChI is InChI=1S/C19H35NOSi/c1-15(2)22(16(3)4,17(5)6)21-14-13-20-18(7)19-11-9-8-10-12-19/h8-12,15-18,20H,13-14H2,1-7H3. The van der Waals surface area contributed by atoms with Gasteiger partial charge in [0.05, 0.1) is 0 Å². The van der Waals surface area contributed by atoms with Gasteiger partial charge in [-0.3, -0.25) is 0 Å². The second kappa shape index (κ2) is 8.85. The third kappa shape index (κ3) is 4.67. The smallest absolute Gasteiger partial charge is 0.200 e. The predicted octanol–water partition coefficient (Wildman–Crippen LogP) is 5.53. The minimum atomic E-state index is -1.72. The number of rotatable bonds is 9. The Balaban J connectivity index is 2.53. The molecule has 0 fully saturated rings. The molecule has 0 saturated carbocycles. The minimum absolute atomic E-state index is 0.373. The van der Waals surface area contributed by atoms with Crippen molar-refractivity contribution in [3.05, 3.63) is 35.9 Å². The maximum Gasteiger partial charge on any atom is 0.200 e. The van der Waals surface area contributed by atoms with Crippen molar-refractivity contribution in [1.82, 2.24) is 5.32 Å². The van der Waals surface area contributed by atoms with E-state index in [9.17, 15) is 0 Å². The van der Waals surface area contributed by atoms with Crippen LogP contribution in [0.25, 0.3) is 0 Å². The summed E-state index contributed by atoms with van der Waals surface area (Å²) in [7, 11) is -1.72. The van der Waals surface area contributed by atoms with E-state index in [2.05, 4.69) is 84.1 Å². The van der Waals surface area contributed by atoms with Gasteiger partial charge in [0.25, 0.3) is 0 Å². The summed E-state index contributed by atoms with van der Waals surface area (Å²) in [6.07, 6.45) is 0. The normalized spacial score (nSPS) is 14.1. The van der Waals surface area contributed by atoms with Crippen LogP contribution in [0.3, 0.4) is 0 Å². The monoisotopic (exact) mass is 321 g/mol. The molecule has 1 N–H and O–H groups in total. The molecular weight excluding hydrogens is 286 g/mol. The second-order valence-electron chi connectivity index (χ2n) is 7.25. The Hall–Kier alpha value is -0.643. The fourth-order valence-corrected chi connectivity index (χ4v) is 9.32. The van der Waals surface area contributed by atoms with E-state index in [1.165, 1.54) is 5.56 Å². The summed E-state index contributed by atoms with van der Waals surface area (Å²) < 4.78 is 6.58. The molecule has 0 aliphatic rings. The second-order valence-corrected chi connectivity index (χ2v) is 12.7. The van der Waals surface area contributed by atoms with Gasteiger partial charge in [0, 0.05) is 19.2 Å². The molecular formula is C19H35NOSi. The number of benzene rings is 1. The Morgan fingerprint density at radius 2 is 1.36 bits per heavy atom. The summed E-state index contributed by atoms with van der Waals surface area (Å²) in [5.41, 5.74) is 3.29. The van der Waals surface area contributed by atoms with Crippen molar-refractivity contribution in [3.8, 4) is 0 Å². The topological polar surface area (TPSA) is 21.3 Å². The summed E-state index contributed by atoms with van der Waals surface area (Å²) >= 11 is 0. The Kier molecular flexibility index (Phi) is 7.81. The van der Waals surface area contributed by atoms with E-state index >= 15 is 0 Å². The molecule has 0 aliphatic heterocycles. The summed E-state index contributed by atoms with van der Waals surface area (Å²) in [5.74, 6) is 0. The molecule has 3 heteroatoms. The van der Waals surface area contributed by atoms with Gasteiger partial charge in [0.2, 0.25) is 0 Å². The lowest BCUT2D eigenvalue weighted by atomic mass is 10.1. The Morgan fingerprint density at radius 1 is 0.864 bits per heavy atom. The molecule has 0 radical (unpaired) electrons. The number of hydrogen-bond donors (Lipinski definition) is 1. The zero-order chi connectivity index (χ0) is 16.8. The maximum absolute atomic E-state index is 6.58. The van der Waals surface area contributed by atoms with Crippen molar-refractivity contribution in [2.24, 2.45) is 0 Å². The highest BCUT2D eigenvalue weighted by molar-refractivity contribution is 6.77. The first-order valence-corrected chi connectivity index (χ1v) is 10.9. The predicted molar refractivity (Wildman–Crippen MR) is 99.9 cm³/mol.